The molecular weight excluding hydrogens is 380 g/mol. The highest BCUT2D eigenvalue weighted by Gasteiger charge is 2.32. The Balaban J connectivity index is 1.44. The molecule has 0 bridgehead atoms. The number of amides is 1. The van der Waals surface area contributed by atoms with Gasteiger partial charge in [-0.15, -0.1) is 0 Å². The second kappa shape index (κ2) is 9.28. The molecule has 2 aromatic rings. The van der Waals surface area contributed by atoms with E-state index in [1.165, 1.54) is 18.4 Å². The molecule has 1 amide bonds. The van der Waals surface area contributed by atoms with E-state index in [1.54, 1.807) is 7.11 Å². The maximum absolute atomic E-state index is 12.9. The van der Waals surface area contributed by atoms with Crippen LogP contribution in [0.1, 0.15) is 43.2 Å². The lowest BCUT2D eigenvalue weighted by atomic mass is 10.1. The summed E-state index contributed by atoms with van der Waals surface area (Å²) in [5.74, 6) is 1.09. The summed E-state index contributed by atoms with van der Waals surface area (Å²) in [5, 5.41) is 3.23. The van der Waals surface area contributed by atoms with Gasteiger partial charge in [0.2, 0.25) is 17.8 Å². The molecule has 0 spiro atoms. The highest BCUT2D eigenvalue weighted by atomic mass is 16.5. The fraction of sp³-hybridized carbons (Fsp3) is 0.545. The van der Waals surface area contributed by atoms with Crippen LogP contribution in [0.2, 0.25) is 0 Å². The first-order valence-electron chi connectivity index (χ1n) is 10.8. The Kier molecular flexibility index (Phi) is 6.30. The minimum absolute atomic E-state index is 0.0753. The van der Waals surface area contributed by atoms with Crippen LogP contribution in [-0.4, -0.2) is 58.5 Å². The number of rotatable bonds is 6. The summed E-state index contributed by atoms with van der Waals surface area (Å²) in [4.78, 5) is 30.4. The monoisotopic (exact) mass is 410 g/mol. The Morgan fingerprint density at radius 3 is 2.47 bits per heavy atom. The molecule has 1 N–H and O–H groups in total. The third-order valence-corrected chi connectivity index (χ3v) is 5.77. The molecule has 4 rings (SSSR count). The number of carbonyl (C=O) groups excluding carboxylic acids is 1. The van der Waals surface area contributed by atoms with Crippen LogP contribution in [0.3, 0.4) is 0 Å². The molecule has 0 saturated carbocycles. The van der Waals surface area contributed by atoms with Crippen molar-refractivity contribution < 1.29 is 9.53 Å². The number of nitrogens with zero attached hydrogens (tertiary/aromatic N) is 5. The van der Waals surface area contributed by atoms with E-state index < -0.39 is 0 Å². The molecule has 8 nitrogen and oxygen atoms in total. The normalized spacial score (nSPS) is 19.7. The van der Waals surface area contributed by atoms with Gasteiger partial charge in [0.25, 0.3) is 0 Å². The Labute approximate surface area is 177 Å². The van der Waals surface area contributed by atoms with Crippen LogP contribution < -0.4 is 15.0 Å². The van der Waals surface area contributed by atoms with Crippen molar-refractivity contribution >= 4 is 17.8 Å². The lowest BCUT2D eigenvalue weighted by Gasteiger charge is -2.21. The van der Waals surface area contributed by atoms with Crippen LogP contribution in [0.25, 0.3) is 0 Å². The first-order valence-corrected chi connectivity index (χ1v) is 10.8. The number of ether oxygens (including phenoxy) is 1. The molecule has 2 aliphatic rings. The molecule has 0 radical (unpaired) electrons. The van der Waals surface area contributed by atoms with E-state index in [9.17, 15) is 4.79 Å². The Morgan fingerprint density at radius 1 is 1.03 bits per heavy atom. The highest BCUT2D eigenvalue weighted by Crippen LogP contribution is 2.22. The van der Waals surface area contributed by atoms with E-state index in [4.69, 9.17) is 4.74 Å². The summed E-state index contributed by atoms with van der Waals surface area (Å²) in [6, 6.07) is 8.25. The molecule has 1 aromatic heterocycles. The van der Waals surface area contributed by atoms with E-state index in [0.717, 1.165) is 37.9 Å². The number of likely N-dealkylation sites (tertiary alicyclic amines) is 1. The summed E-state index contributed by atoms with van der Waals surface area (Å²) >= 11 is 0. The van der Waals surface area contributed by atoms with E-state index in [-0.39, 0.29) is 18.0 Å². The number of anilines is 2. The molecule has 0 aliphatic carbocycles. The standard InChI is InChI=1S/C22H30N6O2/c1-16-7-9-17(10-8-16)15-28-14-11-18(19(28)29)23-20-24-21(26-22(25-20)30-2)27-12-5-3-4-6-13-27/h7-10,18H,3-6,11-15H2,1-2H3,(H,23,24,25,26). The largest absolute Gasteiger partial charge is 0.467 e. The van der Waals surface area contributed by atoms with Gasteiger partial charge in [0.05, 0.1) is 7.11 Å². The van der Waals surface area contributed by atoms with Crippen molar-refractivity contribution in [1.82, 2.24) is 19.9 Å². The molecule has 8 heteroatoms. The number of hydrogen-bond donors (Lipinski definition) is 1. The molecule has 3 heterocycles. The van der Waals surface area contributed by atoms with Crippen molar-refractivity contribution in [2.24, 2.45) is 0 Å². The predicted molar refractivity (Wildman–Crippen MR) is 116 cm³/mol. The average Bonchev–Trinajstić information content (AvgIpc) is 2.96. The molecule has 2 saturated heterocycles. The number of hydrogen-bond acceptors (Lipinski definition) is 7. The molecule has 2 fully saturated rings. The second-order valence-corrected chi connectivity index (χ2v) is 8.08. The Hall–Kier alpha value is -2.90. The fourth-order valence-corrected chi connectivity index (χ4v) is 4.01. The zero-order valence-electron chi connectivity index (χ0n) is 17.8. The zero-order chi connectivity index (χ0) is 20.9. The third kappa shape index (κ3) is 4.80. The van der Waals surface area contributed by atoms with E-state index in [1.807, 2.05) is 4.90 Å². The van der Waals surface area contributed by atoms with E-state index in [2.05, 4.69) is 56.4 Å². The minimum atomic E-state index is -0.334. The van der Waals surface area contributed by atoms with Gasteiger partial charge in [-0.05, 0) is 31.7 Å². The van der Waals surface area contributed by atoms with Gasteiger partial charge in [-0.2, -0.15) is 15.0 Å². The van der Waals surface area contributed by atoms with Gasteiger partial charge in [-0.3, -0.25) is 4.79 Å². The number of aryl methyl sites for hydroxylation is 1. The molecule has 1 aromatic carbocycles. The molecule has 1 unspecified atom stereocenters. The number of carbonyl (C=O) groups is 1. The minimum Gasteiger partial charge on any atom is -0.467 e. The summed E-state index contributed by atoms with van der Waals surface area (Å²) < 4.78 is 5.29. The smallest absolute Gasteiger partial charge is 0.322 e. The molecule has 2 aliphatic heterocycles. The van der Waals surface area contributed by atoms with Crippen LogP contribution in [0.5, 0.6) is 6.01 Å². The molecule has 160 valence electrons. The van der Waals surface area contributed by atoms with Gasteiger partial charge in [0.15, 0.2) is 0 Å². The SMILES string of the molecule is COc1nc(NC2CCN(Cc3ccc(C)cc3)C2=O)nc(N2CCCCCC2)n1. The Morgan fingerprint density at radius 2 is 1.77 bits per heavy atom. The zero-order valence-corrected chi connectivity index (χ0v) is 17.8. The predicted octanol–water partition coefficient (Wildman–Crippen LogP) is 2.78. The lowest BCUT2D eigenvalue weighted by molar-refractivity contribution is -0.128. The van der Waals surface area contributed by atoms with Gasteiger partial charge in [0.1, 0.15) is 6.04 Å². The van der Waals surface area contributed by atoms with Crippen molar-refractivity contribution in [3.63, 3.8) is 0 Å². The van der Waals surface area contributed by atoms with Crippen LogP contribution >= 0.6 is 0 Å². The average molecular weight is 411 g/mol. The number of benzene rings is 1. The van der Waals surface area contributed by atoms with Crippen molar-refractivity contribution in [1.29, 1.82) is 0 Å². The fourth-order valence-electron chi connectivity index (χ4n) is 4.01. The van der Waals surface area contributed by atoms with Gasteiger partial charge in [-0.25, -0.2) is 0 Å². The van der Waals surface area contributed by atoms with E-state index >= 15 is 0 Å². The van der Waals surface area contributed by atoms with Crippen LogP contribution in [-0.2, 0) is 11.3 Å². The van der Waals surface area contributed by atoms with Crippen molar-refractivity contribution in [2.75, 3.05) is 37.0 Å². The van der Waals surface area contributed by atoms with Crippen molar-refractivity contribution in [2.45, 2.75) is 51.6 Å². The van der Waals surface area contributed by atoms with Gasteiger partial charge >= 0.3 is 6.01 Å². The summed E-state index contributed by atoms with van der Waals surface area (Å²) in [6.07, 6.45) is 5.45. The maximum Gasteiger partial charge on any atom is 0.322 e. The quantitative estimate of drug-likeness (QED) is 0.784. The van der Waals surface area contributed by atoms with Crippen molar-refractivity contribution in [3.8, 4) is 6.01 Å². The third-order valence-electron chi connectivity index (χ3n) is 5.77. The first-order chi connectivity index (χ1) is 14.6. The highest BCUT2D eigenvalue weighted by molar-refractivity contribution is 5.86. The molecular formula is C22H30N6O2. The number of methoxy groups -OCH3 is 1. The number of aromatic nitrogens is 3. The van der Waals surface area contributed by atoms with Gasteiger partial charge in [0, 0.05) is 26.2 Å². The molecule has 30 heavy (non-hydrogen) atoms. The van der Waals surface area contributed by atoms with Gasteiger partial charge in [-0.1, -0.05) is 42.7 Å². The Bertz CT molecular complexity index is 864. The lowest BCUT2D eigenvalue weighted by Crippen LogP contribution is -2.34. The van der Waals surface area contributed by atoms with E-state index in [0.29, 0.717) is 25.0 Å². The summed E-state index contributed by atoms with van der Waals surface area (Å²) in [7, 11) is 1.55. The summed E-state index contributed by atoms with van der Waals surface area (Å²) in [6.45, 7) is 5.26. The van der Waals surface area contributed by atoms with Crippen LogP contribution in [0, 0.1) is 6.92 Å². The van der Waals surface area contributed by atoms with Gasteiger partial charge < -0.3 is 19.9 Å². The maximum atomic E-state index is 12.9. The number of nitrogens with one attached hydrogen (secondary N) is 1. The van der Waals surface area contributed by atoms with Crippen LogP contribution in [0.4, 0.5) is 11.9 Å². The van der Waals surface area contributed by atoms with Crippen LogP contribution in [0.15, 0.2) is 24.3 Å². The second-order valence-electron chi connectivity index (χ2n) is 8.08. The summed E-state index contributed by atoms with van der Waals surface area (Å²) in [5.41, 5.74) is 2.36. The van der Waals surface area contributed by atoms with Crippen molar-refractivity contribution in [3.05, 3.63) is 35.4 Å². The molecule has 1 atom stereocenters. The first kappa shape index (κ1) is 20.4. The topological polar surface area (TPSA) is 83.5 Å².